The van der Waals surface area contributed by atoms with Crippen LogP contribution in [0.2, 0.25) is 0 Å². The zero-order chi connectivity index (χ0) is 12.8. The molecule has 0 aromatic heterocycles. The van der Waals surface area contributed by atoms with Crippen molar-refractivity contribution in [3.8, 4) is 0 Å². The minimum atomic E-state index is 0.208. The summed E-state index contributed by atoms with van der Waals surface area (Å²) >= 11 is 0. The van der Waals surface area contributed by atoms with E-state index in [1.165, 1.54) is 12.8 Å². The van der Waals surface area contributed by atoms with Gasteiger partial charge in [-0.25, -0.2) is 0 Å². The van der Waals surface area contributed by atoms with Gasteiger partial charge in [-0.05, 0) is 38.1 Å². The van der Waals surface area contributed by atoms with Crippen molar-refractivity contribution >= 4 is 5.91 Å². The monoisotopic (exact) mass is 255 g/mol. The van der Waals surface area contributed by atoms with Crippen LogP contribution in [0.3, 0.4) is 0 Å². The van der Waals surface area contributed by atoms with Crippen molar-refractivity contribution < 1.29 is 9.63 Å². The number of rotatable bonds is 5. The maximum atomic E-state index is 11.8. The molecule has 5 heteroatoms. The predicted octanol–water partition coefficient (Wildman–Crippen LogP) is 0.518. The SMILES string of the molecule is CON1CCC(CC(=O)NCC2CCCN2)CC1. The first kappa shape index (κ1) is 13.8. The van der Waals surface area contributed by atoms with Crippen molar-refractivity contribution in [1.29, 1.82) is 0 Å². The first-order valence-corrected chi connectivity index (χ1v) is 7.07. The number of nitrogens with zero attached hydrogens (tertiary/aromatic N) is 1. The summed E-state index contributed by atoms with van der Waals surface area (Å²) in [5.41, 5.74) is 0. The van der Waals surface area contributed by atoms with Gasteiger partial charge in [0.05, 0.1) is 7.11 Å². The highest BCUT2D eigenvalue weighted by molar-refractivity contribution is 5.76. The molecule has 2 N–H and O–H groups in total. The van der Waals surface area contributed by atoms with Gasteiger partial charge in [0.15, 0.2) is 0 Å². The molecule has 0 bridgehead atoms. The fourth-order valence-corrected chi connectivity index (χ4v) is 2.80. The average Bonchev–Trinajstić information content (AvgIpc) is 2.90. The normalized spacial score (nSPS) is 26.4. The summed E-state index contributed by atoms with van der Waals surface area (Å²) in [6.45, 7) is 3.77. The lowest BCUT2D eigenvalue weighted by Crippen LogP contribution is -2.39. The van der Waals surface area contributed by atoms with Gasteiger partial charge in [0.25, 0.3) is 0 Å². The van der Waals surface area contributed by atoms with Gasteiger partial charge in [-0.15, -0.1) is 0 Å². The van der Waals surface area contributed by atoms with Gasteiger partial charge in [-0.2, -0.15) is 5.06 Å². The lowest BCUT2D eigenvalue weighted by Gasteiger charge is -2.29. The zero-order valence-corrected chi connectivity index (χ0v) is 11.3. The van der Waals surface area contributed by atoms with Crippen LogP contribution in [0.1, 0.15) is 32.1 Å². The smallest absolute Gasteiger partial charge is 0.220 e. The largest absolute Gasteiger partial charge is 0.355 e. The first-order chi connectivity index (χ1) is 8.78. The van der Waals surface area contributed by atoms with E-state index in [-0.39, 0.29) is 5.91 Å². The summed E-state index contributed by atoms with van der Waals surface area (Å²) < 4.78 is 0. The van der Waals surface area contributed by atoms with Gasteiger partial charge < -0.3 is 15.5 Å². The minimum Gasteiger partial charge on any atom is -0.355 e. The van der Waals surface area contributed by atoms with Crippen molar-refractivity contribution in [3.05, 3.63) is 0 Å². The number of nitrogens with one attached hydrogen (secondary N) is 2. The predicted molar refractivity (Wildman–Crippen MR) is 70.0 cm³/mol. The summed E-state index contributed by atoms with van der Waals surface area (Å²) in [5.74, 6) is 0.729. The molecular weight excluding hydrogens is 230 g/mol. The molecule has 2 aliphatic heterocycles. The number of amides is 1. The van der Waals surface area contributed by atoms with Crippen LogP contribution in [-0.2, 0) is 9.63 Å². The molecule has 1 unspecified atom stereocenters. The van der Waals surface area contributed by atoms with Gasteiger partial charge in [0, 0.05) is 32.1 Å². The third-order valence-electron chi connectivity index (χ3n) is 4.01. The molecule has 1 atom stereocenters. The van der Waals surface area contributed by atoms with E-state index in [4.69, 9.17) is 4.84 Å². The second-order valence-electron chi connectivity index (χ2n) is 5.36. The molecule has 2 saturated heterocycles. The number of hydrogen-bond acceptors (Lipinski definition) is 4. The standard InChI is InChI=1S/C13H25N3O2/c1-18-16-7-4-11(5-8-16)9-13(17)15-10-12-3-2-6-14-12/h11-12,14H,2-10H2,1H3,(H,15,17). The summed E-state index contributed by atoms with van der Waals surface area (Å²) in [4.78, 5) is 17.0. The van der Waals surface area contributed by atoms with E-state index in [0.717, 1.165) is 39.0 Å². The Bertz CT molecular complexity index is 259. The molecule has 0 radical (unpaired) electrons. The van der Waals surface area contributed by atoms with E-state index in [9.17, 15) is 4.79 Å². The second kappa shape index (κ2) is 7.07. The Labute approximate surface area is 109 Å². The molecule has 2 aliphatic rings. The van der Waals surface area contributed by atoms with E-state index >= 15 is 0 Å². The van der Waals surface area contributed by atoms with Crippen LogP contribution in [0.5, 0.6) is 0 Å². The third-order valence-corrected chi connectivity index (χ3v) is 4.01. The van der Waals surface area contributed by atoms with E-state index in [0.29, 0.717) is 18.4 Å². The third kappa shape index (κ3) is 4.23. The van der Waals surface area contributed by atoms with Crippen LogP contribution in [-0.4, -0.2) is 50.3 Å². The lowest BCUT2D eigenvalue weighted by molar-refractivity contribution is -0.149. The first-order valence-electron chi connectivity index (χ1n) is 7.07. The maximum absolute atomic E-state index is 11.8. The topological polar surface area (TPSA) is 53.6 Å². The van der Waals surface area contributed by atoms with Crippen molar-refractivity contribution in [3.63, 3.8) is 0 Å². The fourth-order valence-electron chi connectivity index (χ4n) is 2.80. The molecule has 2 heterocycles. The van der Waals surface area contributed by atoms with Crippen LogP contribution in [0, 0.1) is 5.92 Å². The number of carbonyl (C=O) groups excluding carboxylic acids is 1. The average molecular weight is 255 g/mol. The van der Waals surface area contributed by atoms with Gasteiger partial charge in [0.1, 0.15) is 0 Å². The molecule has 0 aliphatic carbocycles. The summed E-state index contributed by atoms with van der Waals surface area (Å²) in [5, 5.41) is 8.41. The van der Waals surface area contributed by atoms with Crippen LogP contribution < -0.4 is 10.6 Å². The van der Waals surface area contributed by atoms with Gasteiger partial charge in [0.2, 0.25) is 5.91 Å². The van der Waals surface area contributed by atoms with Crippen LogP contribution in [0.25, 0.3) is 0 Å². The van der Waals surface area contributed by atoms with E-state index < -0.39 is 0 Å². The number of hydroxylamine groups is 2. The maximum Gasteiger partial charge on any atom is 0.220 e. The van der Waals surface area contributed by atoms with Crippen molar-refractivity contribution in [2.45, 2.75) is 38.1 Å². The highest BCUT2D eigenvalue weighted by atomic mass is 16.7. The van der Waals surface area contributed by atoms with Crippen LogP contribution in [0.4, 0.5) is 0 Å². The van der Waals surface area contributed by atoms with E-state index in [2.05, 4.69) is 10.6 Å². The van der Waals surface area contributed by atoms with Gasteiger partial charge >= 0.3 is 0 Å². The molecule has 18 heavy (non-hydrogen) atoms. The van der Waals surface area contributed by atoms with Gasteiger partial charge in [-0.1, -0.05) is 0 Å². The Morgan fingerprint density at radius 1 is 1.39 bits per heavy atom. The summed E-state index contributed by atoms with van der Waals surface area (Å²) in [6, 6.07) is 0.490. The van der Waals surface area contributed by atoms with E-state index in [1.54, 1.807) is 7.11 Å². The molecule has 1 amide bonds. The Hall–Kier alpha value is -0.650. The molecule has 2 fully saturated rings. The van der Waals surface area contributed by atoms with E-state index in [1.807, 2.05) is 5.06 Å². The molecule has 0 spiro atoms. The Balaban J connectivity index is 1.59. The number of piperidine rings is 1. The summed E-state index contributed by atoms with van der Waals surface area (Å²) in [7, 11) is 1.71. The zero-order valence-electron chi connectivity index (χ0n) is 11.3. The highest BCUT2D eigenvalue weighted by Gasteiger charge is 2.22. The lowest BCUT2D eigenvalue weighted by atomic mass is 9.94. The Kier molecular flexibility index (Phi) is 5.41. The Morgan fingerprint density at radius 3 is 2.78 bits per heavy atom. The number of hydrogen-bond donors (Lipinski definition) is 2. The number of carbonyl (C=O) groups is 1. The summed E-state index contributed by atoms with van der Waals surface area (Å²) in [6.07, 6.45) is 5.21. The molecule has 0 aromatic rings. The van der Waals surface area contributed by atoms with Crippen molar-refractivity contribution in [2.75, 3.05) is 33.3 Å². The molecule has 104 valence electrons. The second-order valence-corrected chi connectivity index (χ2v) is 5.36. The Morgan fingerprint density at radius 2 is 2.17 bits per heavy atom. The quantitative estimate of drug-likeness (QED) is 0.752. The van der Waals surface area contributed by atoms with Crippen molar-refractivity contribution in [2.24, 2.45) is 5.92 Å². The van der Waals surface area contributed by atoms with Crippen molar-refractivity contribution in [1.82, 2.24) is 15.7 Å². The molecular formula is C13H25N3O2. The van der Waals surface area contributed by atoms with Crippen LogP contribution >= 0.6 is 0 Å². The molecule has 0 saturated carbocycles. The fraction of sp³-hybridized carbons (Fsp3) is 0.923. The molecule has 0 aromatic carbocycles. The molecule has 2 rings (SSSR count). The minimum absolute atomic E-state index is 0.208. The van der Waals surface area contributed by atoms with Gasteiger partial charge in [-0.3, -0.25) is 4.79 Å². The molecule has 5 nitrogen and oxygen atoms in total. The van der Waals surface area contributed by atoms with Crippen LogP contribution in [0.15, 0.2) is 0 Å². The highest BCUT2D eigenvalue weighted by Crippen LogP contribution is 2.20.